The van der Waals surface area contributed by atoms with Gasteiger partial charge in [-0.1, -0.05) is 78.9 Å². The van der Waals surface area contributed by atoms with Crippen LogP contribution in [0.4, 0.5) is 4.79 Å². The first-order chi connectivity index (χ1) is 19.9. The number of aliphatic carboxylic acids is 1. The lowest BCUT2D eigenvalue weighted by Gasteiger charge is -2.40. The van der Waals surface area contributed by atoms with E-state index in [4.69, 9.17) is 4.74 Å². The molecule has 6 rings (SSSR count). The Bertz CT molecular complexity index is 1380. The van der Waals surface area contributed by atoms with Crippen LogP contribution in [0.5, 0.6) is 0 Å². The molecule has 3 aromatic rings. The summed E-state index contributed by atoms with van der Waals surface area (Å²) in [6, 6.07) is 25.4. The number of carbonyl (C=O) groups is 3. The van der Waals surface area contributed by atoms with Crippen LogP contribution < -0.4 is 10.6 Å². The fraction of sp³-hybridized carbons (Fsp3) is 0.364. The second kappa shape index (κ2) is 11.4. The molecule has 212 valence electrons. The fourth-order valence-corrected chi connectivity index (χ4v) is 6.23. The summed E-state index contributed by atoms with van der Waals surface area (Å²) in [5, 5.41) is 15.7. The van der Waals surface area contributed by atoms with Crippen LogP contribution in [0.2, 0.25) is 0 Å². The lowest BCUT2D eigenvalue weighted by Crippen LogP contribution is -2.63. The van der Waals surface area contributed by atoms with Crippen molar-refractivity contribution in [1.29, 1.82) is 0 Å². The lowest BCUT2D eigenvalue weighted by molar-refractivity contribution is -0.150. The van der Waals surface area contributed by atoms with Crippen LogP contribution >= 0.6 is 0 Å². The molecule has 8 nitrogen and oxygen atoms in total. The molecule has 3 aliphatic rings. The number of alkyl carbamates (subject to hydrolysis) is 1. The van der Waals surface area contributed by atoms with Crippen LogP contribution in [-0.2, 0) is 20.9 Å². The Morgan fingerprint density at radius 2 is 1.46 bits per heavy atom. The van der Waals surface area contributed by atoms with Gasteiger partial charge in [-0.3, -0.25) is 9.69 Å². The van der Waals surface area contributed by atoms with E-state index in [0.717, 1.165) is 41.6 Å². The number of amides is 2. The Balaban J connectivity index is 1.07. The van der Waals surface area contributed by atoms with Gasteiger partial charge in [-0.05, 0) is 59.4 Å². The summed E-state index contributed by atoms with van der Waals surface area (Å²) in [6.07, 6.45) is 1.52. The smallest absolute Gasteiger partial charge is 0.407 e. The summed E-state index contributed by atoms with van der Waals surface area (Å²) >= 11 is 0. The summed E-state index contributed by atoms with van der Waals surface area (Å²) in [5.74, 6) is -1.61. The standard InChI is InChI=1S/C33H35N3O5/c37-30(35-33(31(38)39)16-18-36(19-17-33)20-22-8-2-1-3-9-22)29(23-14-15-23)34-32(40)41-21-28-26-12-6-4-10-24(26)25-11-5-7-13-27(25)28/h1-13,23,28-29H,14-21H2,(H,34,40)(H,35,37)(H,38,39). The second-order valence-corrected chi connectivity index (χ2v) is 11.4. The molecular weight excluding hydrogens is 518 g/mol. The van der Waals surface area contributed by atoms with Gasteiger partial charge < -0.3 is 20.5 Å². The number of likely N-dealkylation sites (tertiary alicyclic amines) is 1. The number of ether oxygens (including phenoxy) is 1. The van der Waals surface area contributed by atoms with Crippen molar-refractivity contribution in [2.75, 3.05) is 19.7 Å². The molecular formula is C33H35N3O5. The van der Waals surface area contributed by atoms with Crippen LogP contribution in [0, 0.1) is 5.92 Å². The highest BCUT2D eigenvalue weighted by molar-refractivity contribution is 5.92. The Labute approximate surface area is 239 Å². The number of hydrogen-bond acceptors (Lipinski definition) is 5. The predicted molar refractivity (Wildman–Crippen MR) is 154 cm³/mol. The molecule has 1 saturated carbocycles. The summed E-state index contributed by atoms with van der Waals surface area (Å²) in [5.41, 5.74) is 4.31. The van der Waals surface area contributed by atoms with E-state index in [1.54, 1.807) is 0 Å². The van der Waals surface area contributed by atoms with Crippen molar-refractivity contribution in [2.45, 2.75) is 49.7 Å². The van der Waals surface area contributed by atoms with Crippen LogP contribution in [0.25, 0.3) is 11.1 Å². The van der Waals surface area contributed by atoms with Gasteiger partial charge in [0.1, 0.15) is 18.2 Å². The van der Waals surface area contributed by atoms with Gasteiger partial charge in [-0.2, -0.15) is 0 Å². The molecule has 1 aliphatic heterocycles. The van der Waals surface area contributed by atoms with Gasteiger partial charge in [0.05, 0.1) is 0 Å². The first-order valence-corrected chi connectivity index (χ1v) is 14.4. The van der Waals surface area contributed by atoms with Crippen molar-refractivity contribution >= 4 is 18.0 Å². The molecule has 0 radical (unpaired) electrons. The summed E-state index contributed by atoms with van der Waals surface area (Å²) in [4.78, 5) is 41.0. The third-order valence-corrected chi connectivity index (χ3v) is 8.72. The molecule has 3 aromatic carbocycles. The number of nitrogens with zero attached hydrogens (tertiary/aromatic N) is 1. The number of rotatable bonds is 9. The van der Waals surface area contributed by atoms with Gasteiger partial charge in [-0.25, -0.2) is 9.59 Å². The zero-order chi connectivity index (χ0) is 28.4. The molecule has 2 fully saturated rings. The lowest BCUT2D eigenvalue weighted by atomic mass is 9.86. The third kappa shape index (κ3) is 5.70. The van der Waals surface area contributed by atoms with Crippen molar-refractivity contribution in [3.63, 3.8) is 0 Å². The van der Waals surface area contributed by atoms with Crippen LogP contribution in [0.1, 0.15) is 48.3 Å². The van der Waals surface area contributed by atoms with E-state index >= 15 is 0 Å². The van der Waals surface area contributed by atoms with Crippen LogP contribution in [0.15, 0.2) is 78.9 Å². The molecule has 41 heavy (non-hydrogen) atoms. The number of hydrogen-bond donors (Lipinski definition) is 3. The molecule has 1 saturated heterocycles. The van der Waals surface area contributed by atoms with Gasteiger partial charge >= 0.3 is 12.1 Å². The number of fused-ring (bicyclic) bond motifs is 3. The monoisotopic (exact) mass is 553 g/mol. The zero-order valence-corrected chi connectivity index (χ0v) is 22.9. The molecule has 2 amide bonds. The molecule has 1 atom stereocenters. The first kappa shape index (κ1) is 27.0. The van der Waals surface area contributed by atoms with Crippen LogP contribution in [-0.4, -0.2) is 59.3 Å². The second-order valence-electron chi connectivity index (χ2n) is 11.4. The zero-order valence-electron chi connectivity index (χ0n) is 22.9. The third-order valence-electron chi connectivity index (χ3n) is 8.72. The van der Waals surface area contributed by atoms with Gasteiger partial charge in [0.2, 0.25) is 5.91 Å². The van der Waals surface area contributed by atoms with E-state index in [0.29, 0.717) is 25.9 Å². The number of carboxylic acid groups (broad SMARTS) is 1. The summed E-state index contributed by atoms with van der Waals surface area (Å²) in [7, 11) is 0. The maximum Gasteiger partial charge on any atom is 0.407 e. The largest absolute Gasteiger partial charge is 0.480 e. The topological polar surface area (TPSA) is 108 Å². The van der Waals surface area contributed by atoms with E-state index in [-0.39, 0.29) is 18.4 Å². The van der Waals surface area contributed by atoms with Crippen LogP contribution in [0.3, 0.4) is 0 Å². The quantitative estimate of drug-likeness (QED) is 0.359. The van der Waals surface area contributed by atoms with E-state index in [1.807, 2.05) is 42.5 Å². The molecule has 3 N–H and O–H groups in total. The van der Waals surface area contributed by atoms with E-state index in [2.05, 4.69) is 51.9 Å². The fourth-order valence-electron chi connectivity index (χ4n) is 6.23. The van der Waals surface area contributed by atoms with Gasteiger partial charge in [0, 0.05) is 25.6 Å². The molecule has 1 unspecified atom stereocenters. The van der Waals surface area contributed by atoms with Gasteiger partial charge in [0.25, 0.3) is 0 Å². The van der Waals surface area contributed by atoms with Gasteiger partial charge in [-0.15, -0.1) is 0 Å². The molecule has 0 bridgehead atoms. The first-order valence-electron chi connectivity index (χ1n) is 14.4. The highest BCUT2D eigenvalue weighted by atomic mass is 16.5. The number of piperidine rings is 1. The Morgan fingerprint density at radius 1 is 0.878 bits per heavy atom. The Hall–Kier alpha value is -4.17. The maximum absolute atomic E-state index is 13.4. The molecule has 0 spiro atoms. The summed E-state index contributed by atoms with van der Waals surface area (Å²) in [6.45, 7) is 1.98. The Morgan fingerprint density at radius 3 is 2.05 bits per heavy atom. The molecule has 2 aliphatic carbocycles. The number of carbonyl (C=O) groups excluding carboxylic acids is 2. The summed E-state index contributed by atoms with van der Waals surface area (Å²) < 4.78 is 5.68. The van der Waals surface area contributed by atoms with E-state index in [1.165, 1.54) is 5.56 Å². The highest BCUT2D eigenvalue weighted by Crippen LogP contribution is 2.44. The van der Waals surface area contributed by atoms with Crippen molar-refractivity contribution in [3.05, 3.63) is 95.6 Å². The van der Waals surface area contributed by atoms with Crippen molar-refractivity contribution < 1.29 is 24.2 Å². The minimum absolute atomic E-state index is 0.0282. The Kier molecular flexibility index (Phi) is 7.49. The average Bonchev–Trinajstić information content (AvgIpc) is 3.78. The van der Waals surface area contributed by atoms with Crippen molar-refractivity contribution in [2.24, 2.45) is 5.92 Å². The average molecular weight is 554 g/mol. The maximum atomic E-state index is 13.4. The minimum Gasteiger partial charge on any atom is -0.480 e. The number of benzene rings is 3. The predicted octanol–water partition coefficient (Wildman–Crippen LogP) is 4.54. The van der Waals surface area contributed by atoms with Gasteiger partial charge in [0.15, 0.2) is 0 Å². The number of nitrogens with one attached hydrogen (secondary N) is 2. The molecule has 8 heteroatoms. The van der Waals surface area contributed by atoms with E-state index in [9.17, 15) is 19.5 Å². The minimum atomic E-state index is -1.36. The normalized spacial score (nSPS) is 18.5. The number of carboxylic acids is 1. The molecule has 1 heterocycles. The van der Waals surface area contributed by atoms with Crippen molar-refractivity contribution in [3.8, 4) is 11.1 Å². The van der Waals surface area contributed by atoms with Crippen molar-refractivity contribution in [1.82, 2.24) is 15.5 Å². The highest BCUT2D eigenvalue weighted by Gasteiger charge is 2.46. The SMILES string of the molecule is O=C(NC(C(=O)NC1(C(=O)O)CCN(Cc2ccccc2)CC1)C1CC1)OCC1c2ccccc2-c2ccccc21. The molecule has 0 aromatic heterocycles. The van der Waals surface area contributed by atoms with E-state index < -0.39 is 29.6 Å².